The van der Waals surface area contributed by atoms with Crippen molar-refractivity contribution in [1.82, 2.24) is 15.3 Å². The smallest absolute Gasteiger partial charge is 0.304 e. The average molecular weight is 644 g/mol. The fraction of sp³-hybridized carbons (Fsp3) is 0.154. The summed E-state index contributed by atoms with van der Waals surface area (Å²) in [6.45, 7) is 1.11. The van der Waals surface area contributed by atoms with E-state index in [-0.39, 0.29) is 5.69 Å². The summed E-state index contributed by atoms with van der Waals surface area (Å²) in [6, 6.07) is 14.7. The molecule has 0 saturated heterocycles. The van der Waals surface area contributed by atoms with Crippen LogP contribution in [0.15, 0.2) is 73.1 Å². The molecule has 0 unspecified atom stereocenters. The van der Waals surface area contributed by atoms with Crippen molar-refractivity contribution in [2.45, 2.75) is 13.1 Å². The highest BCUT2D eigenvalue weighted by atomic mass is 35.5. The van der Waals surface area contributed by atoms with Crippen LogP contribution in [0.3, 0.4) is 0 Å². The first-order valence-electron chi connectivity index (χ1n) is 11.5. The van der Waals surface area contributed by atoms with Crippen molar-refractivity contribution in [3.05, 3.63) is 131 Å². The summed E-state index contributed by atoms with van der Waals surface area (Å²) >= 11 is 23.3. The van der Waals surface area contributed by atoms with Crippen LogP contribution < -0.4 is 10.2 Å². The summed E-state index contributed by atoms with van der Waals surface area (Å²) in [6.07, 6.45) is 3.23. The Morgan fingerprint density at radius 1 is 0.829 bits per heavy atom. The highest BCUT2D eigenvalue weighted by Gasteiger charge is 2.17. The third-order valence-electron chi connectivity index (χ3n) is 5.11. The van der Waals surface area contributed by atoms with Crippen molar-refractivity contribution in [1.29, 1.82) is 0 Å². The van der Waals surface area contributed by atoms with Gasteiger partial charge in [0, 0.05) is 60.8 Å². The van der Waals surface area contributed by atoms with Gasteiger partial charge in [-0.05, 0) is 31.3 Å². The Morgan fingerprint density at radius 2 is 1.32 bits per heavy atom. The minimum Gasteiger partial charge on any atom is -0.365 e. The number of pyridine rings is 2. The topological polar surface area (TPSA) is 127 Å². The van der Waals surface area contributed by atoms with E-state index in [2.05, 4.69) is 15.3 Å². The van der Waals surface area contributed by atoms with Gasteiger partial charge in [0.1, 0.15) is 16.0 Å². The molecule has 0 saturated carbocycles. The van der Waals surface area contributed by atoms with E-state index in [0.29, 0.717) is 39.1 Å². The van der Waals surface area contributed by atoms with Crippen LogP contribution in [0.4, 0.5) is 21.5 Å². The molecule has 0 aliphatic heterocycles. The summed E-state index contributed by atoms with van der Waals surface area (Å²) in [5, 5.41) is 25.8. The molecule has 0 radical (unpaired) electrons. The zero-order chi connectivity index (χ0) is 30.5. The Hall–Kier alpha value is -3.61. The summed E-state index contributed by atoms with van der Waals surface area (Å²) in [7, 11) is 3.61. The molecule has 2 aromatic heterocycles. The second-order valence-electron chi connectivity index (χ2n) is 8.04. The van der Waals surface area contributed by atoms with Crippen LogP contribution in [0.1, 0.15) is 11.1 Å². The molecule has 0 aliphatic rings. The van der Waals surface area contributed by atoms with Gasteiger partial charge in [0.15, 0.2) is 0 Å². The SMILES string of the molecule is CN(Cc1cnc(Cl)cc1Cl)c1ccccc1[N+](=O)[O-].CNCc1cnc(Cl)cc1Cl.O=[N+]([O-])c1ccccc1F. The van der Waals surface area contributed by atoms with E-state index in [1.807, 2.05) is 7.05 Å². The van der Waals surface area contributed by atoms with Gasteiger partial charge in [0.2, 0.25) is 5.82 Å². The van der Waals surface area contributed by atoms with Gasteiger partial charge in [-0.15, -0.1) is 0 Å². The first kappa shape index (κ1) is 33.6. The van der Waals surface area contributed by atoms with Crippen LogP contribution in [0.5, 0.6) is 0 Å². The number of hydrogen-bond acceptors (Lipinski definition) is 8. The molecular weight excluding hydrogens is 621 g/mol. The highest BCUT2D eigenvalue weighted by Crippen LogP contribution is 2.29. The molecule has 2 aromatic carbocycles. The number of nitrogens with zero attached hydrogens (tertiary/aromatic N) is 5. The fourth-order valence-corrected chi connectivity index (χ4v) is 4.05. The molecule has 0 fully saturated rings. The number of halogens is 5. The molecule has 216 valence electrons. The molecule has 15 heteroatoms. The molecule has 1 N–H and O–H groups in total. The number of nitro benzene ring substituents is 2. The first-order valence-corrected chi connectivity index (χ1v) is 13.0. The Balaban J connectivity index is 0.000000236. The largest absolute Gasteiger partial charge is 0.365 e. The van der Waals surface area contributed by atoms with Gasteiger partial charge in [0.05, 0.1) is 14.9 Å². The monoisotopic (exact) mass is 642 g/mol. The van der Waals surface area contributed by atoms with Crippen molar-refractivity contribution in [3.63, 3.8) is 0 Å². The molecular formula is C26H23Cl4FN6O4. The minimum atomic E-state index is -0.799. The van der Waals surface area contributed by atoms with Gasteiger partial charge >= 0.3 is 5.69 Å². The van der Waals surface area contributed by atoms with E-state index in [1.54, 1.807) is 54.7 Å². The minimum absolute atomic E-state index is 0.0491. The maximum atomic E-state index is 12.4. The number of benzene rings is 2. The van der Waals surface area contributed by atoms with Crippen LogP contribution in [0.25, 0.3) is 0 Å². The predicted octanol–water partition coefficient (Wildman–Crippen LogP) is 7.77. The molecule has 0 aliphatic carbocycles. The maximum Gasteiger partial charge on any atom is 0.304 e. The van der Waals surface area contributed by atoms with Gasteiger partial charge in [-0.3, -0.25) is 20.2 Å². The van der Waals surface area contributed by atoms with Crippen LogP contribution in [0.2, 0.25) is 20.4 Å². The van der Waals surface area contributed by atoms with E-state index in [9.17, 15) is 24.6 Å². The van der Waals surface area contributed by atoms with Gasteiger partial charge in [-0.1, -0.05) is 70.7 Å². The maximum absolute atomic E-state index is 12.4. The lowest BCUT2D eigenvalue weighted by Crippen LogP contribution is -2.18. The van der Waals surface area contributed by atoms with Gasteiger partial charge in [0.25, 0.3) is 5.69 Å². The number of rotatable bonds is 7. The lowest BCUT2D eigenvalue weighted by molar-refractivity contribution is -0.387. The Morgan fingerprint density at radius 3 is 1.78 bits per heavy atom. The molecule has 0 bridgehead atoms. The normalized spacial score (nSPS) is 10.0. The standard InChI is InChI=1S/C13H11Cl2N3O2.C7H8Cl2N2.C6H4FNO2/c1-17(8-9-7-16-13(15)6-10(9)14)11-4-2-3-5-12(11)18(19)20;1-10-3-5-4-11-7(9)2-6(5)8;7-5-3-1-2-4-6(5)8(9)10/h2-7H,8H2,1H3;2,4,10H,3H2,1H3;1-4H. The Bertz CT molecular complexity index is 1500. The lowest BCUT2D eigenvalue weighted by Gasteiger charge is -2.19. The zero-order valence-corrected chi connectivity index (χ0v) is 24.6. The quantitative estimate of drug-likeness (QED) is 0.123. The first-order chi connectivity index (χ1) is 19.4. The zero-order valence-electron chi connectivity index (χ0n) is 21.6. The third-order valence-corrected chi connectivity index (χ3v) is 6.22. The number of hydrogen-bond donors (Lipinski definition) is 1. The molecule has 41 heavy (non-hydrogen) atoms. The predicted molar refractivity (Wildman–Crippen MR) is 160 cm³/mol. The molecule has 10 nitrogen and oxygen atoms in total. The van der Waals surface area contributed by atoms with E-state index in [4.69, 9.17) is 46.4 Å². The fourth-order valence-electron chi connectivity index (χ4n) is 3.19. The summed E-state index contributed by atoms with van der Waals surface area (Å²) in [5.41, 5.74) is 1.79. The van der Waals surface area contributed by atoms with E-state index >= 15 is 0 Å². The average Bonchev–Trinajstić information content (AvgIpc) is 2.92. The molecule has 2 heterocycles. The molecule has 0 amide bonds. The van der Waals surface area contributed by atoms with Crippen molar-refractivity contribution >= 4 is 63.5 Å². The molecule has 0 atom stereocenters. The number of nitro groups is 2. The Labute approximate surface area is 255 Å². The van der Waals surface area contributed by atoms with Gasteiger partial charge in [-0.2, -0.15) is 4.39 Å². The van der Waals surface area contributed by atoms with Crippen molar-refractivity contribution < 1.29 is 14.2 Å². The second kappa shape index (κ2) is 16.6. The lowest BCUT2D eigenvalue weighted by atomic mass is 10.2. The second-order valence-corrected chi connectivity index (χ2v) is 9.63. The van der Waals surface area contributed by atoms with Crippen LogP contribution in [0, 0.1) is 26.0 Å². The van der Waals surface area contributed by atoms with E-state index in [1.165, 1.54) is 18.2 Å². The molecule has 4 aromatic rings. The Kier molecular flexibility index (Phi) is 13.6. The number of aromatic nitrogens is 2. The van der Waals surface area contributed by atoms with Gasteiger partial charge in [-0.25, -0.2) is 9.97 Å². The molecule has 0 spiro atoms. The van der Waals surface area contributed by atoms with Crippen molar-refractivity contribution in [3.8, 4) is 0 Å². The number of nitrogens with one attached hydrogen (secondary N) is 1. The van der Waals surface area contributed by atoms with Crippen LogP contribution >= 0.6 is 46.4 Å². The number of anilines is 1. The van der Waals surface area contributed by atoms with Crippen molar-refractivity contribution in [2.75, 3.05) is 19.0 Å². The van der Waals surface area contributed by atoms with Crippen molar-refractivity contribution in [2.24, 2.45) is 0 Å². The molecule has 4 rings (SSSR count). The van der Waals surface area contributed by atoms with E-state index < -0.39 is 21.4 Å². The summed E-state index contributed by atoms with van der Waals surface area (Å²) < 4.78 is 12.4. The summed E-state index contributed by atoms with van der Waals surface area (Å²) in [4.78, 5) is 29.4. The number of para-hydroxylation sites is 3. The van der Waals surface area contributed by atoms with E-state index in [0.717, 1.165) is 23.3 Å². The van der Waals surface area contributed by atoms with Crippen LogP contribution in [-0.2, 0) is 13.1 Å². The highest BCUT2D eigenvalue weighted by molar-refractivity contribution is 6.34. The summed E-state index contributed by atoms with van der Waals surface area (Å²) in [5.74, 6) is -0.799. The third kappa shape index (κ3) is 10.7. The van der Waals surface area contributed by atoms with Gasteiger partial charge < -0.3 is 10.2 Å². The van der Waals surface area contributed by atoms with Crippen LogP contribution in [-0.4, -0.2) is 33.9 Å².